The minimum atomic E-state index is -5.10. The maximum Gasteiger partial charge on any atom is 0.417 e. The molecule has 1 aliphatic rings. The van der Waals surface area contributed by atoms with Gasteiger partial charge in [-0.15, -0.1) is 0 Å². The first-order valence-corrected chi connectivity index (χ1v) is 11.5. The van der Waals surface area contributed by atoms with E-state index in [1.807, 2.05) is 0 Å². The number of alkyl halides is 6. The van der Waals surface area contributed by atoms with E-state index in [0.29, 0.717) is 24.3 Å². The minimum Gasteiger partial charge on any atom is -0.357 e. The second kappa shape index (κ2) is 7.74. The molecule has 2 aromatic carbocycles. The molecular weight excluding hydrogens is 486 g/mol. The predicted molar refractivity (Wildman–Crippen MR) is 102 cm³/mol. The third kappa shape index (κ3) is 4.19. The zero-order valence-electron chi connectivity index (χ0n) is 16.2. The highest BCUT2D eigenvalue weighted by Gasteiger charge is 2.40. The number of hydrogen-bond acceptors (Lipinski definition) is 6. The van der Waals surface area contributed by atoms with E-state index in [2.05, 4.69) is 14.7 Å². The summed E-state index contributed by atoms with van der Waals surface area (Å²) in [5.41, 5.74) is -3.09. The number of nitrogens with one attached hydrogen (secondary N) is 2. The first-order valence-electron chi connectivity index (χ1n) is 8.53. The molecular formula is C17H14F6N4O3S2. The van der Waals surface area contributed by atoms with Crippen molar-refractivity contribution in [2.24, 2.45) is 9.36 Å². The lowest BCUT2D eigenvalue weighted by atomic mass is 10.2. The average molecular weight is 500 g/mol. The van der Waals surface area contributed by atoms with Gasteiger partial charge < -0.3 is 5.32 Å². The topological polar surface area (TPSA) is 100.0 Å². The third-order valence-corrected chi connectivity index (χ3v) is 8.11. The van der Waals surface area contributed by atoms with Crippen molar-refractivity contribution < 1.29 is 39.0 Å². The number of rotatable bonds is 3. The van der Waals surface area contributed by atoms with Crippen molar-refractivity contribution in [3.05, 3.63) is 47.5 Å². The fourth-order valence-corrected chi connectivity index (χ4v) is 5.86. The molecule has 0 bridgehead atoms. The highest BCUT2D eigenvalue weighted by atomic mass is 32.2. The van der Waals surface area contributed by atoms with E-state index in [1.54, 1.807) is 4.72 Å². The highest BCUT2D eigenvalue weighted by molar-refractivity contribution is 7.94. The molecule has 1 atom stereocenters. The molecule has 7 nitrogen and oxygen atoms in total. The zero-order valence-corrected chi connectivity index (χ0v) is 17.8. The monoisotopic (exact) mass is 500 g/mol. The van der Waals surface area contributed by atoms with Crippen LogP contribution in [0, 0.1) is 0 Å². The molecule has 1 unspecified atom stereocenters. The van der Waals surface area contributed by atoms with Crippen molar-refractivity contribution in [1.82, 2.24) is 10.0 Å². The lowest BCUT2D eigenvalue weighted by Crippen LogP contribution is -2.25. The van der Waals surface area contributed by atoms with Crippen LogP contribution in [0.4, 0.5) is 32.0 Å². The van der Waals surface area contributed by atoms with E-state index in [1.165, 1.54) is 7.05 Å². The van der Waals surface area contributed by atoms with E-state index >= 15 is 0 Å². The van der Waals surface area contributed by atoms with Crippen molar-refractivity contribution in [3.8, 4) is 0 Å². The zero-order chi connectivity index (χ0) is 24.1. The molecule has 0 aliphatic carbocycles. The summed E-state index contributed by atoms with van der Waals surface area (Å²) in [5.74, 6) is -0.347. The van der Waals surface area contributed by atoms with Crippen LogP contribution in [0.5, 0.6) is 0 Å². The van der Waals surface area contributed by atoms with Crippen LogP contribution in [0.1, 0.15) is 11.1 Å². The first-order chi connectivity index (χ1) is 14.6. The summed E-state index contributed by atoms with van der Waals surface area (Å²) in [6, 6.07) is 3.94. The number of benzene rings is 2. The second-order valence-corrected chi connectivity index (χ2v) is 10.3. The van der Waals surface area contributed by atoms with Gasteiger partial charge in [0.05, 0.1) is 31.5 Å². The first kappa shape index (κ1) is 24.0. The van der Waals surface area contributed by atoms with Crippen LogP contribution in [0.25, 0.3) is 0 Å². The molecule has 0 amide bonds. The van der Waals surface area contributed by atoms with Gasteiger partial charge in [0.15, 0.2) is 0 Å². The predicted octanol–water partition coefficient (Wildman–Crippen LogP) is 3.74. The second-order valence-electron chi connectivity index (χ2n) is 6.35. The van der Waals surface area contributed by atoms with Crippen LogP contribution in [-0.4, -0.2) is 32.7 Å². The summed E-state index contributed by atoms with van der Waals surface area (Å²) in [7, 11) is -6.38. The van der Waals surface area contributed by atoms with Gasteiger partial charge in [-0.1, -0.05) is 0 Å². The van der Waals surface area contributed by atoms with Gasteiger partial charge in [-0.25, -0.2) is 22.3 Å². The number of halogens is 6. The van der Waals surface area contributed by atoms with E-state index in [-0.39, 0.29) is 10.9 Å². The fourth-order valence-electron chi connectivity index (χ4n) is 2.83. The van der Waals surface area contributed by atoms with Gasteiger partial charge in [0.25, 0.3) is 0 Å². The van der Waals surface area contributed by atoms with Crippen LogP contribution >= 0.6 is 0 Å². The summed E-state index contributed by atoms with van der Waals surface area (Å²) in [6.45, 7) is 0. The number of hydrogen-bond donors (Lipinski definition) is 2. The van der Waals surface area contributed by atoms with Gasteiger partial charge in [0.2, 0.25) is 16.0 Å². The van der Waals surface area contributed by atoms with E-state index in [0.717, 1.165) is 19.2 Å². The molecule has 3 rings (SSSR count). The Labute approximate surface area is 178 Å². The molecule has 174 valence electrons. The van der Waals surface area contributed by atoms with Crippen molar-refractivity contribution in [2.45, 2.75) is 27.0 Å². The quantitative estimate of drug-likeness (QED) is 0.628. The molecule has 0 radical (unpaired) electrons. The molecule has 2 N–H and O–H groups in total. The standard InChI is InChI=1S/C17H14F6N4O3S2/c1-24-15-26-12-7-11(17(21,22)23)13(32(29,30)25-2)8-14(12)31(28,27-15)10-5-3-9(4-6-10)16(18,19)20/h3-8,25H,1-2H3,(H,24,26,27,28). The number of guanidine groups is 1. The van der Waals surface area contributed by atoms with Gasteiger partial charge in [0, 0.05) is 7.05 Å². The molecule has 0 aromatic heterocycles. The molecule has 0 spiro atoms. The number of sulfonamides is 1. The maximum atomic E-state index is 13.8. The minimum absolute atomic E-state index is 0.276. The van der Waals surface area contributed by atoms with Crippen LogP contribution in [-0.2, 0) is 32.1 Å². The van der Waals surface area contributed by atoms with Crippen molar-refractivity contribution in [2.75, 3.05) is 14.1 Å². The molecule has 32 heavy (non-hydrogen) atoms. The normalized spacial score (nSPS) is 19.1. The summed E-state index contributed by atoms with van der Waals surface area (Å²) in [4.78, 5) is 1.85. The molecule has 15 heteroatoms. The lowest BCUT2D eigenvalue weighted by molar-refractivity contribution is -0.140. The molecule has 2 aromatic rings. The van der Waals surface area contributed by atoms with Crippen LogP contribution < -0.4 is 10.0 Å². The van der Waals surface area contributed by atoms with E-state index in [4.69, 9.17) is 0 Å². The number of nitrogens with zero attached hydrogens (tertiary/aromatic N) is 2. The largest absolute Gasteiger partial charge is 0.417 e. The average Bonchev–Trinajstić information content (AvgIpc) is 2.71. The van der Waals surface area contributed by atoms with Crippen LogP contribution in [0.3, 0.4) is 0 Å². The third-order valence-electron chi connectivity index (χ3n) is 4.39. The Kier molecular flexibility index (Phi) is 5.80. The lowest BCUT2D eigenvalue weighted by Gasteiger charge is -2.22. The summed E-state index contributed by atoms with van der Waals surface area (Å²) < 4.78 is 123. The van der Waals surface area contributed by atoms with E-state index < -0.39 is 58.7 Å². The van der Waals surface area contributed by atoms with Gasteiger partial charge >= 0.3 is 12.4 Å². The summed E-state index contributed by atoms with van der Waals surface area (Å²) in [5, 5.41) is 2.43. The van der Waals surface area contributed by atoms with Gasteiger partial charge in [-0.05, 0) is 43.4 Å². The van der Waals surface area contributed by atoms with Gasteiger partial charge in [-0.3, -0.25) is 0 Å². The molecule has 0 saturated carbocycles. The maximum absolute atomic E-state index is 13.8. The van der Waals surface area contributed by atoms with Crippen molar-refractivity contribution in [1.29, 1.82) is 0 Å². The summed E-state index contributed by atoms with van der Waals surface area (Å²) in [6.07, 6.45) is -9.79. The number of aliphatic imine (C=N–C) groups is 1. The Hall–Kier alpha value is -2.65. The van der Waals surface area contributed by atoms with Crippen molar-refractivity contribution >= 4 is 31.4 Å². The van der Waals surface area contributed by atoms with Crippen LogP contribution in [0.2, 0.25) is 0 Å². The summed E-state index contributed by atoms with van der Waals surface area (Å²) >= 11 is 0. The Morgan fingerprint density at radius 3 is 2.00 bits per heavy atom. The van der Waals surface area contributed by atoms with Crippen molar-refractivity contribution in [3.63, 3.8) is 0 Å². The molecule has 0 saturated heterocycles. The van der Waals surface area contributed by atoms with Gasteiger partial charge in [-0.2, -0.15) is 30.7 Å². The SMILES string of the molecule is CNC1=Nc2cc(C(F)(F)F)c(S(=O)(=O)NC)cc2S(=O)(c2ccc(C(F)(F)F)cc2)=N1. The van der Waals surface area contributed by atoms with Gasteiger partial charge in [0.1, 0.15) is 9.73 Å². The molecule has 1 heterocycles. The molecule has 1 aliphatic heterocycles. The molecule has 0 fully saturated rings. The Balaban J connectivity index is 2.38. The van der Waals surface area contributed by atoms with E-state index in [9.17, 15) is 39.0 Å². The number of fused-ring (bicyclic) bond motifs is 1. The Morgan fingerprint density at radius 1 is 0.938 bits per heavy atom. The Bertz CT molecular complexity index is 1320. The van der Waals surface area contributed by atoms with Crippen LogP contribution in [0.15, 0.2) is 60.4 Å². The fraction of sp³-hybridized carbons (Fsp3) is 0.235. The Morgan fingerprint density at radius 2 is 1.53 bits per heavy atom. The highest BCUT2D eigenvalue weighted by Crippen LogP contribution is 2.43. The smallest absolute Gasteiger partial charge is 0.357 e.